The van der Waals surface area contributed by atoms with Crippen molar-refractivity contribution in [1.29, 1.82) is 0 Å². The maximum absolute atomic E-state index is 4.40. The van der Waals surface area contributed by atoms with E-state index in [-0.39, 0.29) is 0 Å². The zero-order valence-electron chi connectivity index (χ0n) is 14.4. The minimum absolute atomic E-state index is 0.900. The van der Waals surface area contributed by atoms with Gasteiger partial charge in [0.25, 0.3) is 0 Å². The number of benzene rings is 1. The maximum atomic E-state index is 4.40. The van der Waals surface area contributed by atoms with Gasteiger partial charge >= 0.3 is 0 Å². The summed E-state index contributed by atoms with van der Waals surface area (Å²) in [5.74, 6) is 0. The number of aromatic nitrogens is 1. The standard InChI is InChI=1S/C19H22BrN3S2/c1-2-3-4-5-6-7-8-14-9-11-15(12-10-14)22-23-17-13-16-18(25-17)21-19(20)24-16/h9-13H,2-8H2,1H3. The highest BCUT2D eigenvalue weighted by atomic mass is 79.9. The Kier molecular flexibility index (Phi) is 7.13. The van der Waals surface area contributed by atoms with Crippen molar-refractivity contribution >= 4 is 58.8 Å². The number of hydrogen-bond acceptors (Lipinski definition) is 5. The molecule has 0 radical (unpaired) electrons. The molecule has 0 saturated carbocycles. The lowest BCUT2D eigenvalue weighted by molar-refractivity contribution is 0.607. The molecule has 0 amide bonds. The Morgan fingerprint density at radius 3 is 2.48 bits per heavy atom. The van der Waals surface area contributed by atoms with Crippen LogP contribution in [0, 0.1) is 0 Å². The van der Waals surface area contributed by atoms with E-state index < -0.39 is 0 Å². The van der Waals surface area contributed by atoms with Crippen LogP contribution in [0.4, 0.5) is 10.7 Å². The average Bonchev–Trinajstić information content (AvgIpc) is 3.14. The first-order valence-corrected chi connectivity index (χ1v) is 11.2. The van der Waals surface area contributed by atoms with E-state index in [4.69, 9.17) is 0 Å². The fourth-order valence-electron chi connectivity index (χ4n) is 2.69. The number of halogens is 1. The van der Waals surface area contributed by atoms with Crippen LogP contribution in [0.5, 0.6) is 0 Å². The molecule has 0 aliphatic carbocycles. The van der Waals surface area contributed by atoms with Crippen LogP contribution in [-0.4, -0.2) is 4.98 Å². The predicted octanol–water partition coefficient (Wildman–Crippen LogP) is 8.44. The number of rotatable bonds is 9. The van der Waals surface area contributed by atoms with Gasteiger partial charge < -0.3 is 0 Å². The first-order chi connectivity index (χ1) is 12.2. The molecule has 0 saturated heterocycles. The zero-order chi connectivity index (χ0) is 17.5. The Labute approximate surface area is 165 Å². The quantitative estimate of drug-likeness (QED) is 0.245. The van der Waals surface area contributed by atoms with Crippen molar-refractivity contribution in [3.8, 4) is 0 Å². The molecule has 2 heterocycles. The number of hydrogen-bond donors (Lipinski definition) is 0. The first-order valence-electron chi connectivity index (χ1n) is 8.81. The molecular formula is C19H22BrN3S2. The summed E-state index contributed by atoms with van der Waals surface area (Å²) in [4.78, 5) is 5.42. The zero-order valence-corrected chi connectivity index (χ0v) is 17.6. The second-order valence-corrected chi connectivity index (χ2v) is 9.42. The van der Waals surface area contributed by atoms with Gasteiger partial charge in [-0.3, -0.25) is 0 Å². The van der Waals surface area contributed by atoms with Gasteiger partial charge in [-0.25, -0.2) is 4.98 Å². The first kappa shape index (κ1) is 18.7. The van der Waals surface area contributed by atoms with Crippen LogP contribution in [0.3, 0.4) is 0 Å². The second kappa shape index (κ2) is 9.55. The molecule has 3 rings (SSSR count). The summed E-state index contributed by atoms with van der Waals surface area (Å²) in [5.41, 5.74) is 2.29. The van der Waals surface area contributed by atoms with E-state index in [0.717, 1.165) is 30.6 Å². The highest BCUT2D eigenvalue weighted by Crippen LogP contribution is 2.37. The van der Waals surface area contributed by atoms with Gasteiger partial charge in [0.1, 0.15) is 9.83 Å². The number of azo groups is 1. The molecule has 132 valence electrons. The number of thiophene rings is 1. The van der Waals surface area contributed by atoms with Crippen molar-refractivity contribution in [2.75, 3.05) is 0 Å². The largest absolute Gasteiger partial charge is 0.218 e. The normalized spacial score (nSPS) is 11.8. The smallest absolute Gasteiger partial charge is 0.161 e. The molecule has 0 unspecified atom stereocenters. The van der Waals surface area contributed by atoms with Crippen LogP contribution >= 0.6 is 38.6 Å². The highest BCUT2D eigenvalue weighted by molar-refractivity contribution is 9.11. The lowest BCUT2D eigenvalue weighted by Crippen LogP contribution is -1.85. The molecular weight excluding hydrogens is 414 g/mol. The van der Waals surface area contributed by atoms with E-state index in [1.165, 1.54) is 44.1 Å². The minimum atomic E-state index is 0.900. The van der Waals surface area contributed by atoms with Crippen LogP contribution in [0.25, 0.3) is 9.53 Å². The van der Waals surface area contributed by atoms with E-state index in [9.17, 15) is 0 Å². The number of aryl methyl sites for hydroxylation is 1. The van der Waals surface area contributed by atoms with E-state index >= 15 is 0 Å². The second-order valence-electron chi connectivity index (χ2n) is 6.11. The van der Waals surface area contributed by atoms with Crippen LogP contribution in [-0.2, 0) is 6.42 Å². The van der Waals surface area contributed by atoms with Crippen LogP contribution in [0.1, 0.15) is 51.0 Å². The third-order valence-corrected chi connectivity index (χ3v) is 6.57. The van der Waals surface area contributed by atoms with Gasteiger partial charge in [0.2, 0.25) is 0 Å². The molecule has 3 nitrogen and oxygen atoms in total. The van der Waals surface area contributed by atoms with Crippen molar-refractivity contribution in [2.24, 2.45) is 10.2 Å². The molecule has 0 spiro atoms. The SMILES string of the molecule is CCCCCCCCc1ccc(N=Nc2cc3sc(Br)nc3s2)cc1. The van der Waals surface area contributed by atoms with Crippen molar-refractivity contribution in [2.45, 2.75) is 51.9 Å². The van der Waals surface area contributed by atoms with Crippen LogP contribution < -0.4 is 0 Å². The summed E-state index contributed by atoms with van der Waals surface area (Å²) in [6, 6.07) is 10.5. The Balaban J connectivity index is 1.49. The molecule has 1 aromatic carbocycles. The molecule has 0 atom stereocenters. The third-order valence-electron chi connectivity index (χ3n) is 4.07. The topological polar surface area (TPSA) is 37.6 Å². The predicted molar refractivity (Wildman–Crippen MR) is 113 cm³/mol. The van der Waals surface area contributed by atoms with E-state index in [1.807, 2.05) is 6.07 Å². The molecule has 0 aliphatic heterocycles. The fraction of sp³-hybridized carbons (Fsp3) is 0.421. The van der Waals surface area contributed by atoms with Crippen LogP contribution in [0.2, 0.25) is 0 Å². The highest BCUT2D eigenvalue weighted by Gasteiger charge is 2.06. The Morgan fingerprint density at radius 2 is 1.72 bits per heavy atom. The van der Waals surface area contributed by atoms with Gasteiger partial charge in [-0.15, -0.1) is 21.6 Å². The molecule has 0 bridgehead atoms. The molecule has 2 aromatic heterocycles. The van der Waals surface area contributed by atoms with Crippen molar-refractivity contribution < 1.29 is 0 Å². The molecule has 3 aromatic rings. The van der Waals surface area contributed by atoms with E-state index in [2.05, 4.69) is 62.3 Å². The lowest BCUT2D eigenvalue weighted by atomic mass is 10.0. The summed E-state index contributed by atoms with van der Waals surface area (Å²) in [5, 5.41) is 9.59. The van der Waals surface area contributed by atoms with Gasteiger partial charge in [0.05, 0.1) is 10.4 Å². The van der Waals surface area contributed by atoms with Gasteiger partial charge in [-0.2, -0.15) is 0 Å². The van der Waals surface area contributed by atoms with Crippen LogP contribution in [0.15, 0.2) is 44.5 Å². The van der Waals surface area contributed by atoms with Gasteiger partial charge in [0, 0.05) is 0 Å². The number of fused-ring (bicyclic) bond motifs is 1. The lowest BCUT2D eigenvalue weighted by Gasteiger charge is -2.02. The van der Waals surface area contributed by atoms with Crippen molar-refractivity contribution in [3.05, 3.63) is 39.8 Å². The maximum Gasteiger partial charge on any atom is 0.161 e. The Bertz CT molecular complexity index is 789. The Morgan fingerprint density at radius 1 is 0.960 bits per heavy atom. The van der Waals surface area contributed by atoms with Gasteiger partial charge in [-0.1, -0.05) is 62.5 Å². The molecule has 0 fully saturated rings. The summed E-state index contributed by atoms with van der Waals surface area (Å²) in [6.07, 6.45) is 9.20. The monoisotopic (exact) mass is 435 g/mol. The summed E-state index contributed by atoms with van der Waals surface area (Å²) >= 11 is 6.60. The average molecular weight is 436 g/mol. The number of thiazole rings is 1. The summed E-state index contributed by atoms with van der Waals surface area (Å²) < 4.78 is 2.07. The van der Waals surface area contributed by atoms with Crippen molar-refractivity contribution in [3.63, 3.8) is 0 Å². The van der Waals surface area contributed by atoms with Gasteiger partial charge in [0.15, 0.2) is 3.92 Å². The Hall–Kier alpha value is -1.11. The van der Waals surface area contributed by atoms with Crippen molar-refractivity contribution in [1.82, 2.24) is 4.98 Å². The number of unbranched alkanes of at least 4 members (excludes halogenated alkanes) is 5. The molecule has 6 heteroatoms. The summed E-state index contributed by atoms with van der Waals surface area (Å²) in [6.45, 7) is 2.26. The van der Waals surface area contributed by atoms with E-state index in [0.29, 0.717) is 0 Å². The third kappa shape index (κ3) is 5.69. The molecule has 0 N–H and O–H groups in total. The number of nitrogens with zero attached hydrogens (tertiary/aromatic N) is 3. The molecule has 0 aliphatic rings. The van der Waals surface area contributed by atoms with E-state index in [1.54, 1.807) is 22.7 Å². The minimum Gasteiger partial charge on any atom is -0.218 e. The van der Waals surface area contributed by atoms with Gasteiger partial charge in [-0.05, 0) is 52.5 Å². The fourth-order valence-corrected chi connectivity index (χ4v) is 5.27. The summed E-state index contributed by atoms with van der Waals surface area (Å²) in [7, 11) is 0. The molecule has 25 heavy (non-hydrogen) atoms.